The minimum atomic E-state index is -4.61. The maximum absolute atomic E-state index is 13.7. The molecule has 5 rings (SSSR count). The second-order valence-corrected chi connectivity index (χ2v) is 8.82. The highest BCUT2D eigenvalue weighted by molar-refractivity contribution is 6.08. The molecule has 0 fully saturated rings. The van der Waals surface area contributed by atoms with Gasteiger partial charge in [-0.3, -0.25) is 9.78 Å². The predicted molar refractivity (Wildman–Crippen MR) is 141 cm³/mol. The first kappa shape index (κ1) is 25.6. The number of hydrogen-bond acceptors (Lipinski definition) is 6. The van der Waals surface area contributed by atoms with E-state index in [1.54, 1.807) is 62.0 Å². The van der Waals surface area contributed by atoms with E-state index in [1.165, 1.54) is 17.0 Å². The Bertz CT molecular complexity index is 1650. The Hall–Kier alpha value is -5.06. The standard InChI is InChI=1S/C28H22F3N7O/c1-17-5-6-23(25(10-17)37-27-33-9-7-24(36-27)19-4-3-8-32-14-19)26(39)35-21-11-20(28(29,30)31)12-22(13-21)38-15-18(2)34-16-38/h3-16H,1-2H3,(H,35,39)(H,33,36,37). The van der Waals surface area contributed by atoms with Crippen LogP contribution in [0.5, 0.6) is 0 Å². The van der Waals surface area contributed by atoms with Gasteiger partial charge < -0.3 is 15.2 Å². The molecule has 0 spiro atoms. The molecule has 196 valence electrons. The Labute approximate surface area is 221 Å². The summed E-state index contributed by atoms with van der Waals surface area (Å²) in [7, 11) is 0. The normalized spacial score (nSPS) is 11.3. The van der Waals surface area contributed by atoms with E-state index in [4.69, 9.17) is 0 Å². The smallest absolute Gasteiger partial charge is 0.323 e. The Morgan fingerprint density at radius 3 is 2.54 bits per heavy atom. The van der Waals surface area contributed by atoms with Crippen molar-refractivity contribution in [3.8, 4) is 16.9 Å². The Kier molecular flexibility index (Phi) is 6.80. The number of anilines is 3. The van der Waals surface area contributed by atoms with Gasteiger partial charge in [0, 0.05) is 41.7 Å². The van der Waals surface area contributed by atoms with Gasteiger partial charge in [-0.25, -0.2) is 15.0 Å². The summed E-state index contributed by atoms with van der Waals surface area (Å²) in [6.45, 7) is 3.58. The first-order valence-electron chi connectivity index (χ1n) is 11.8. The molecule has 3 heterocycles. The van der Waals surface area contributed by atoms with Crippen LogP contribution in [-0.2, 0) is 6.18 Å². The van der Waals surface area contributed by atoms with Gasteiger partial charge in [0.2, 0.25) is 5.95 Å². The molecule has 0 atom stereocenters. The number of aryl methyl sites for hydroxylation is 2. The lowest BCUT2D eigenvalue weighted by atomic mass is 10.1. The molecule has 0 saturated carbocycles. The number of nitrogens with zero attached hydrogens (tertiary/aromatic N) is 5. The summed E-state index contributed by atoms with van der Waals surface area (Å²) in [6, 6.07) is 13.8. The average Bonchev–Trinajstić information content (AvgIpc) is 3.35. The highest BCUT2D eigenvalue weighted by Gasteiger charge is 2.31. The van der Waals surface area contributed by atoms with Gasteiger partial charge in [0.15, 0.2) is 0 Å². The molecular formula is C28H22F3N7O. The Balaban J connectivity index is 1.46. The van der Waals surface area contributed by atoms with Crippen LogP contribution in [-0.4, -0.2) is 30.4 Å². The molecular weight excluding hydrogens is 507 g/mol. The largest absolute Gasteiger partial charge is 0.416 e. The van der Waals surface area contributed by atoms with Crippen LogP contribution in [0.2, 0.25) is 0 Å². The van der Waals surface area contributed by atoms with Gasteiger partial charge in [-0.2, -0.15) is 13.2 Å². The van der Waals surface area contributed by atoms with Crippen molar-refractivity contribution in [2.75, 3.05) is 10.6 Å². The molecule has 2 N–H and O–H groups in total. The highest BCUT2D eigenvalue weighted by Crippen LogP contribution is 2.33. The summed E-state index contributed by atoms with van der Waals surface area (Å²) >= 11 is 0. The summed E-state index contributed by atoms with van der Waals surface area (Å²) < 4.78 is 42.5. The van der Waals surface area contributed by atoms with E-state index in [0.29, 0.717) is 17.1 Å². The lowest BCUT2D eigenvalue weighted by Gasteiger charge is -2.15. The molecule has 2 aromatic carbocycles. The van der Waals surface area contributed by atoms with E-state index in [1.807, 2.05) is 13.0 Å². The van der Waals surface area contributed by atoms with Gasteiger partial charge in [-0.1, -0.05) is 6.07 Å². The summed E-state index contributed by atoms with van der Waals surface area (Å²) in [6.07, 6.45) is 3.31. The number of benzene rings is 2. The predicted octanol–water partition coefficient (Wildman–Crippen LogP) is 6.36. The molecule has 0 saturated heterocycles. The van der Waals surface area contributed by atoms with E-state index >= 15 is 0 Å². The topological polar surface area (TPSA) is 97.6 Å². The van der Waals surface area contributed by atoms with Crippen molar-refractivity contribution in [3.05, 3.63) is 108 Å². The summed E-state index contributed by atoms with van der Waals surface area (Å²) in [5.74, 6) is -0.360. The van der Waals surface area contributed by atoms with E-state index < -0.39 is 17.6 Å². The third-order valence-corrected chi connectivity index (χ3v) is 5.79. The number of imidazole rings is 1. The van der Waals surface area contributed by atoms with Crippen LogP contribution < -0.4 is 10.6 Å². The minimum Gasteiger partial charge on any atom is -0.323 e. The van der Waals surface area contributed by atoms with E-state index in [2.05, 4.69) is 30.6 Å². The SMILES string of the molecule is Cc1ccc(C(=O)Nc2cc(-n3cnc(C)c3)cc(C(F)(F)F)c2)c(Nc2nccc(-c3cccnc3)n2)c1. The van der Waals surface area contributed by atoms with Gasteiger partial charge in [0.05, 0.1) is 34.5 Å². The molecule has 3 aromatic heterocycles. The van der Waals surface area contributed by atoms with E-state index in [0.717, 1.165) is 23.3 Å². The number of hydrogen-bond donors (Lipinski definition) is 2. The van der Waals surface area contributed by atoms with Crippen LogP contribution in [0.3, 0.4) is 0 Å². The van der Waals surface area contributed by atoms with Crippen molar-refractivity contribution in [1.82, 2.24) is 24.5 Å². The third-order valence-electron chi connectivity index (χ3n) is 5.79. The van der Waals surface area contributed by atoms with Crippen molar-refractivity contribution in [2.45, 2.75) is 20.0 Å². The molecule has 0 unspecified atom stereocenters. The molecule has 1 amide bonds. The highest BCUT2D eigenvalue weighted by atomic mass is 19.4. The molecule has 39 heavy (non-hydrogen) atoms. The number of pyridine rings is 1. The zero-order chi connectivity index (χ0) is 27.6. The van der Waals surface area contributed by atoms with Gasteiger partial charge >= 0.3 is 6.18 Å². The number of nitrogens with one attached hydrogen (secondary N) is 2. The molecule has 0 aliphatic rings. The van der Waals surface area contributed by atoms with Crippen LogP contribution >= 0.6 is 0 Å². The van der Waals surface area contributed by atoms with Gasteiger partial charge in [0.1, 0.15) is 0 Å². The van der Waals surface area contributed by atoms with Crippen molar-refractivity contribution >= 4 is 23.2 Å². The molecule has 11 heteroatoms. The fourth-order valence-corrected chi connectivity index (χ4v) is 3.93. The Morgan fingerprint density at radius 1 is 0.974 bits per heavy atom. The molecule has 0 radical (unpaired) electrons. The first-order chi connectivity index (χ1) is 18.7. The quantitative estimate of drug-likeness (QED) is 0.266. The van der Waals surface area contributed by atoms with Crippen LogP contribution in [0.4, 0.5) is 30.5 Å². The van der Waals surface area contributed by atoms with Crippen molar-refractivity contribution in [2.24, 2.45) is 0 Å². The number of aromatic nitrogens is 5. The second kappa shape index (κ2) is 10.4. The fraction of sp³-hybridized carbons (Fsp3) is 0.107. The lowest BCUT2D eigenvalue weighted by Crippen LogP contribution is -2.16. The fourth-order valence-electron chi connectivity index (χ4n) is 3.93. The number of carbonyl (C=O) groups excluding carboxylic acids is 1. The molecule has 5 aromatic rings. The van der Waals surface area contributed by atoms with E-state index in [9.17, 15) is 18.0 Å². The minimum absolute atomic E-state index is 0.0162. The Morgan fingerprint density at radius 2 is 1.82 bits per heavy atom. The number of halogens is 3. The van der Waals surface area contributed by atoms with Gasteiger partial charge in [-0.05, 0) is 67.9 Å². The summed E-state index contributed by atoms with van der Waals surface area (Å²) in [5.41, 5.74) is 2.81. The van der Waals surface area contributed by atoms with Gasteiger partial charge in [-0.15, -0.1) is 0 Å². The average molecular weight is 530 g/mol. The maximum Gasteiger partial charge on any atom is 0.416 e. The van der Waals surface area contributed by atoms with Crippen LogP contribution in [0.1, 0.15) is 27.2 Å². The lowest BCUT2D eigenvalue weighted by molar-refractivity contribution is -0.137. The first-order valence-corrected chi connectivity index (χ1v) is 11.8. The van der Waals surface area contributed by atoms with Crippen LogP contribution in [0.25, 0.3) is 16.9 Å². The van der Waals surface area contributed by atoms with Gasteiger partial charge in [0.25, 0.3) is 5.91 Å². The van der Waals surface area contributed by atoms with Crippen LogP contribution in [0, 0.1) is 13.8 Å². The maximum atomic E-state index is 13.7. The van der Waals surface area contributed by atoms with E-state index in [-0.39, 0.29) is 22.9 Å². The molecule has 8 nitrogen and oxygen atoms in total. The summed E-state index contributed by atoms with van der Waals surface area (Å²) in [4.78, 5) is 30.3. The van der Waals surface area contributed by atoms with Crippen molar-refractivity contribution < 1.29 is 18.0 Å². The molecule has 0 aliphatic carbocycles. The third kappa shape index (κ3) is 5.93. The second-order valence-electron chi connectivity index (χ2n) is 8.82. The number of amides is 1. The number of carbonyl (C=O) groups is 1. The van der Waals surface area contributed by atoms with Crippen molar-refractivity contribution in [3.63, 3.8) is 0 Å². The number of rotatable bonds is 6. The zero-order valence-corrected chi connectivity index (χ0v) is 20.9. The van der Waals surface area contributed by atoms with Crippen LogP contribution in [0.15, 0.2) is 85.7 Å². The van der Waals surface area contributed by atoms with Crippen molar-refractivity contribution in [1.29, 1.82) is 0 Å². The monoisotopic (exact) mass is 529 g/mol. The molecule has 0 aliphatic heterocycles. The summed E-state index contributed by atoms with van der Waals surface area (Å²) in [5, 5.41) is 5.68. The molecule has 0 bridgehead atoms. The number of alkyl halides is 3. The zero-order valence-electron chi connectivity index (χ0n) is 20.9.